The molecule has 2 heteroatoms. The molecule has 8 aromatic carbocycles. The molecule has 270 valence electrons. The molecule has 0 spiro atoms. The van der Waals surface area contributed by atoms with Crippen LogP contribution in [0.2, 0.25) is 0 Å². The number of aromatic amines is 1. The minimum Gasteiger partial charge on any atom is -0.355 e. The van der Waals surface area contributed by atoms with Crippen molar-refractivity contribution in [2.75, 3.05) is 5.32 Å². The highest BCUT2D eigenvalue weighted by atomic mass is 14.9. The minimum absolute atomic E-state index is 0.0595. The molecule has 56 heavy (non-hydrogen) atoms. The average molecular weight is 721 g/mol. The minimum atomic E-state index is -0.0595. The summed E-state index contributed by atoms with van der Waals surface area (Å²) in [6.45, 7) is 7.01. The fourth-order valence-electron chi connectivity index (χ4n) is 8.98. The quantitative estimate of drug-likeness (QED) is 0.174. The first kappa shape index (κ1) is 33.9. The fraction of sp³-hybridized carbons (Fsp3) is 0.111. The molecule has 0 radical (unpaired) electrons. The monoisotopic (exact) mass is 720 g/mol. The van der Waals surface area contributed by atoms with Crippen LogP contribution in [0.15, 0.2) is 182 Å². The van der Waals surface area contributed by atoms with Crippen molar-refractivity contribution in [2.24, 2.45) is 5.92 Å². The lowest BCUT2D eigenvalue weighted by Gasteiger charge is -2.23. The van der Waals surface area contributed by atoms with Gasteiger partial charge in [-0.15, -0.1) is 0 Å². The van der Waals surface area contributed by atoms with Gasteiger partial charge in [-0.1, -0.05) is 172 Å². The van der Waals surface area contributed by atoms with Gasteiger partial charge in [0, 0.05) is 44.0 Å². The van der Waals surface area contributed by atoms with Gasteiger partial charge in [0.05, 0.1) is 5.52 Å². The number of H-pyrrole nitrogens is 1. The summed E-state index contributed by atoms with van der Waals surface area (Å²) in [5.41, 5.74) is 15.3. The Labute approximate surface area is 328 Å². The molecule has 11 rings (SSSR count). The maximum Gasteiger partial charge on any atom is 0.0544 e. The molecule has 0 bridgehead atoms. The van der Waals surface area contributed by atoms with Crippen molar-refractivity contribution >= 4 is 60.3 Å². The van der Waals surface area contributed by atoms with Gasteiger partial charge in [0.1, 0.15) is 0 Å². The Kier molecular flexibility index (Phi) is 8.22. The molecule has 9 aromatic rings. The summed E-state index contributed by atoms with van der Waals surface area (Å²) in [5, 5.41) is 11.4. The van der Waals surface area contributed by atoms with E-state index in [0.717, 1.165) is 17.8 Å². The predicted molar refractivity (Wildman–Crippen MR) is 241 cm³/mol. The molecule has 0 aliphatic heterocycles. The molecule has 2 nitrogen and oxygen atoms in total. The lowest BCUT2D eigenvalue weighted by atomic mass is 9.81. The van der Waals surface area contributed by atoms with Crippen LogP contribution in [-0.4, -0.2) is 4.98 Å². The third-order valence-corrected chi connectivity index (χ3v) is 12.0. The molecular formula is C54H44N2. The summed E-state index contributed by atoms with van der Waals surface area (Å²) < 4.78 is 0. The first-order valence-corrected chi connectivity index (χ1v) is 19.8. The van der Waals surface area contributed by atoms with E-state index in [0.29, 0.717) is 5.92 Å². The van der Waals surface area contributed by atoms with Crippen LogP contribution in [0.25, 0.3) is 71.2 Å². The van der Waals surface area contributed by atoms with Gasteiger partial charge in [-0.25, -0.2) is 0 Å². The summed E-state index contributed by atoms with van der Waals surface area (Å²) in [7, 11) is 0. The fourth-order valence-corrected chi connectivity index (χ4v) is 8.98. The number of anilines is 2. The number of nitrogens with one attached hydrogen (secondary N) is 2. The molecule has 2 aliphatic carbocycles. The van der Waals surface area contributed by atoms with Crippen LogP contribution < -0.4 is 5.32 Å². The zero-order valence-corrected chi connectivity index (χ0v) is 32.1. The van der Waals surface area contributed by atoms with Gasteiger partial charge in [-0.3, -0.25) is 0 Å². The molecule has 0 saturated heterocycles. The molecule has 1 aromatic heterocycles. The SMILES string of the molecule is CC1C=CC(c2ccc3c(c2)C(C)(C)c2cc(Nc4cc5ccccc5c5ccccc45)ccc2-3)=CC1.c1ccc(-c2cccc3c2[nH]c2ccccc23)cc1. The van der Waals surface area contributed by atoms with Crippen molar-refractivity contribution in [1.29, 1.82) is 0 Å². The maximum absolute atomic E-state index is 3.78. The van der Waals surface area contributed by atoms with Gasteiger partial charge in [-0.05, 0) is 97.8 Å². The summed E-state index contributed by atoms with van der Waals surface area (Å²) >= 11 is 0. The van der Waals surface area contributed by atoms with Crippen LogP contribution in [0.4, 0.5) is 11.4 Å². The second-order valence-corrected chi connectivity index (χ2v) is 16.0. The van der Waals surface area contributed by atoms with Crippen LogP contribution in [0, 0.1) is 5.92 Å². The topological polar surface area (TPSA) is 27.8 Å². The second kappa shape index (κ2) is 13.6. The zero-order chi connectivity index (χ0) is 37.8. The highest BCUT2D eigenvalue weighted by Crippen LogP contribution is 2.50. The Balaban J connectivity index is 0.000000169. The molecule has 0 saturated carbocycles. The van der Waals surface area contributed by atoms with Crippen LogP contribution in [0.3, 0.4) is 0 Å². The van der Waals surface area contributed by atoms with E-state index in [1.165, 1.54) is 87.9 Å². The Hall–Kier alpha value is -6.64. The number of allylic oxidation sites excluding steroid dienone is 4. The van der Waals surface area contributed by atoms with E-state index in [2.05, 4.69) is 213 Å². The van der Waals surface area contributed by atoms with Gasteiger partial charge in [0.15, 0.2) is 0 Å². The van der Waals surface area contributed by atoms with E-state index in [4.69, 9.17) is 0 Å². The number of aromatic nitrogens is 1. The summed E-state index contributed by atoms with van der Waals surface area (Å²) in [5.74, 6) is 0.629. The molecule has 1 atom stereocenters. The number of benzene rings is 8. The van der Waals surface area contributed by atoms with Crippen molar-refractivity contribution in [3.8, 4) is 22.3 Å². The maximum atomic E-state index is 3.78. The normalized spacial score (nSPS) is 15.3. The number of para-hydroxylation sites is 2. The van der Waals surface area contributed by atoms with E-state index in [1.807, 2.05) is 0 Å². The van der Waals surface area contributed by atoms with Gasteiger partial charge in [0.2, 0.25) is 0 Å². The van der Waals surface area contributed by atoms with Gasteiger partial charge in [-0.2, -0.15) is 0 Å². The van der Waals surface area contributed by atoms with Gasteiger partial charge < -0.3 is 10.3 Å². The van der Waals surface area contributed by atoms with Crippen molar-refractivity contribution in [1.82, 2.24) is 4.98 Å². The smallest absolute Gasteiger partial charge is 0.0544 e. The summed E-state index contributed by atoms with van der Waals surface area (Å²) in [6.07, 6.45) is 8.13. The first-order chi connectivity index (χ1) is 27.4. The lowest BCUT2D eigenvalue weighted by molar-refractivity contribution is 0.660. The number of rotatable bonds is 4. The van der Waals surface area contributed by atoms with Gasteiger partial charge >= 0.3 is 0 Å². The second-order valence-electron chi connectivity index (χ2n) is 16.0. The molecule has 2 aliphatic rings. The Morgan fingerprint density at radius 3 is 2.04 bits per heavy atom. The highest BCUT2D eigenvalue weighted by Gasteiger charge is 2.36. The standard InChI is InChI=1S/C36H31N.C18H13N/c1-23-12-14-24(15-13-23)25-16-18-30-31-19-17-27(22-34(31)36(2,3)33(30)20-25)37-35-21-26-8-4-5-9-28(26)29-10-6-7-11-32(29)35;1-2-7-13(8-3-1)14-10-6-11-16-15-9-4-5-12-17(15)19-18(14)16/h4-12,14-23,37H,13H2,1-3H3;1-12,19H. The van der Waals surface area contributed by atoms with Crippen LogP contribution in [0.1, 0.15) is 43.9 Å². The van der Waals surface area contributed by atoms with E-state index >= 15 is 0 Å². The Morgan fingerprint density at radius 2 is 1.23 bits per heavy atom. The van der Waals surface area contributed by atoms with E-state index in [1.54, 1.807) is 0 Å². The first-order valence-electron chi connectivity index (χ1n) is 19.8. The highest BCUT2D eigenvalue weighted by molar-refractivity contribution is 6.14. The third-order valence-electron chi connectivity index (χ3n) is 12.0. The van der Waals surface area contributed by atoms with Crippen molar-refractivity contribution < 1.29 is 0 Å². The third kappa shape index (κ3) is 5.81. The Morgan fingerprint density at radius 1 is 0.554 bits per heavy atom. The van der Waals surface area contributed by atoms with Gasteiger partial charge in [0.25, 0.3) is 0 Å². The van der Waals surface area contributed by atoms with Crippen molar-refractivity contribution in [3.63, 3.8) is 0 Å². The van der Waals surface area contributed by atoms with Crippen LogP contribution in [0.5, 0.6) is 0 Å². The number of hydrogen-bond donors (Lipinski definition) is 2. The van der Waals surface area contributed by atoms with E-state index in [-0.39, 0.29) is 5.41 Å². The van der Waals surface area contributed by atoms with Crippen LogP contribution in [-0.2, 0) is 5.41 Å². The summed E-state index contributed by atoms with van der Waals surface area (Å²) in [6, 6.07) is 59.0. The lowest BCUT2D eigenvalue weighted by Crippen LogP contribution is -2.15. The molecular weight excluding hydrogens is 677 g/mol. The average Bonchev–Trinajstić information content (AvgIpc) is 3.73. The molecule has 1 unspecified atom stereocenters. The Bertz CT molecular complexity index is 3010. The predicted octanol–water partition coefficient (Wildman–Crippen LogP) is 15.0. The molecule has 0 amide bonds. The molecule has 0 fully saturated rings. The number of fused-ring (bicyclic) bond motifs is 9. The molecule has 1 heterocycles. The number of hydrogen-bond acceptors (Lipinski definition) is 1. The van der Waals surface area contributed by atoms with Crippen molar-refractivity contribution in [3.05, 3.63) is 199 Å². The van der Waals surface area contributed by atoms with Crippen molar-refractivity contribution in [2.45, 2.75) is 32.6 Å². The van der Waals surface area contributed by atoms with E-state index in [9.17, 15) is 0 Å². The van der Waals surface area contributed by atoms with Crippen LogP contribution >= 0.6 is 0 Å². The largest absolute Gasteiger partial charge is 0.355 e. The molecule has 2 N–H and O–H groups in total. The zero-order valence-electron chi connectivity index (χ0n) is 32.1. The van der Waals surface area contributed by atoms with E-state index < -0.39 is 0 Å². The summed E-state index contributed by atoms with van der Waals surface area (Å²) in [4.78, 5) is 3.55.